The van der Waals surface area contributed by atoms with E-state index in [4.69, 9.17) is 4.74 Å². The molecule has 1 heterocycles. The molecule has 0 saturated heterocycles. The minimum absolute atomic E-state index is 0.141. The Hall–Kier alpha value is -2.06. The number of halogens is 5. The number of fused-ring (bicyclic) bond motifs is 1. The number of ether oxygens (including phenoxy) is 1. The number of hydrogen-bond acceptors (Lipinski definition) is 2. The third kappa shape index (κ3) is 5.26. The van der Waals surface area contributed by atoms with Crippen molar-refractivity contribution in [2.45, 2.75) is 25.3 Å². The van der Waals surface area contributed by atoms with E-state index in [1.54, 1.807) is 12.1 Å². The molecule has 2 N–H and O–H groups in total. The smallest absolute Gasteiger partial charge is 0.340 e. The molecule has 0 fully saturated rings. The summed E-state index contributed by atoms with van der Waals surface area (Å²) in [6.45, 7) is -0.119. The number of aromatic nitrogens is 1. The fraction of sp³-hybridized carbons (Fsp3) is 0.300. The molecule has 0 amide bonds. The summed E-state index contributed by atoms with van der Waals surface area (Å²) in [5, 5.41) is 4.45. The van der Waals surface area contributed by atoms with Crippen molar-refractivity contribution >= 4 is 26.8 Å². The second-order valence-corrected chi connectivity index (χ2v) is 7.34. The molecule has 1 aromatic heterocycles. The number of nitrogens with one attached hydrogen (secondary N) is 2. The Morgan fingerprint density at radius 1 is 1.14 bits per heavy atom. The van der Waals surface area contributed by atoms with Gasteiger partial charge in [-0.05, 0) is 48.4 Å². The summed E-state index contributed by atoms with van der Waals surface area (Å²) in [4.78, 5) is 3.24. The van der Waals surface area contributed by atoms with Crippen LogP contribution in [0.25, 0.3) is 10.9 Å². The first kappa shape index (κ1) is 20.7. The van der Waals surface area contributed by atoms with Crippen molar-refractivity contribution < 1.29 is 22.3 Å². The topological polar surface area (TPSA) is 37.0 Å². The predicted molar refractivity (Wildman–Crippen MR) is 104 cm³/mol. The van der Waals surface area contributed by atoms with E-state index >= 15 is 0 Å². The number of benzene rings is 2. The molecule has 3 rings (SSSR count). The van der Waals surface area contributed by atoms with Gasteiger partial charge in [-0.3, -0.25) is 0 Å². The van der Waals surface area contributed by atoms with E-state index < -0.39 is 19.0 Å². The summed E-state index contributed by atoms with van der Waals surface area (Å²) in [6, 6.07) is 12.6. The zero-order chi connectivity index (χ0) is 20.1. The number of alkyl halides is 4. The van der Waals surface area contributed by atoms with Gasteiger partial charge in [0.2, 0.25) is 0 Å². The highest BCUT2D eigenvalue weighted by atomic mass is 79.9. The van der Waals surface area contributed by atoms with Gasteiger partial charge in [0.05, 0.1) is 0 Å². The third-order valence-corrected chi connectivity index (χ3v) is 4.77. The Morgan fingerprint density at radius 2 is 1.96 bits per heavy atom. The van der Waals surface area contributed by atoms with Crippen LogP contribution in [0.4, 0.5) is 17.6 Å². The maximum absolute atomic E-state index is 13.0. The maximum atomic E-state index is 13.0. The molecule has 2 aromatic carbocycles. The van der Waals surface area contributed by atoms with Crippen LogP contribution in [0.5, 0.6) is 5.75 Å². The summed E-state index contributed by atoms with van der Waals surface area (Å²) < 4.78 is 56.1. The Morgan fingerprint density at radius 3 is 2.75 bits per heavy atom. The number of hydrogen-bond donors (Lipinski definition) is 2. The van der Waals surface area contributed by atoms with Gasteiger partial charge in [0.15, 0.2) is 6.61 Å². The highest BCUT2D eigenvalue weighted by Crippen LogP contribution is 2.25. The van der Waals surface area contributed by atoms with Crippen LogP contribution in [0, 0.1) is 0 Å². The first-order chi connectivity index (χ1) is 13.3. The molecule has 0 spiro atoms. The Labute approximate surface area is 168 Å². The highest BCUT2D eigenvalue weighted by Gasteiger charge is 2.41. The van der Waals surface area contributed by atoms with Gasteiger partial charge in [-0.1, -0.05) is 34.1 Å². The second kappa shape index (κ2) is 8.96. The van der Waals surface area contributed by atoms with Gasteiger partial charge in [0.25, 0.3) is 0 Å². The van der Waals surface area contributed by atoms with Crippen molar-refractivity contribution in [3.8, 4) is 5.75 Å². The molecular formula is C20H19BrF4N2O. The van der Waals surface area contributed by atoms with Crippen LogP contribution in [0.1, 0.15) is 11.1 Å². The normalized spacial score (nSPS) is 12.1. The zero-order valence-corrected chi connectivity index (χ0v) is 16.4. The summed E-state index contributed by atoms with van der Waals surface area (Å²) >= 11 is 3.44. The molecule has 3 nitrogen and oxygen atoms in total. The van der Waals surface area contributed by atoms with Crippen molar-refractivity contribution in [2.24, 2.45) is 0 Å². The maximum Gasteiger partial charge on any atom is 0.340 e. The molecular weight excluding hydrogens is 440 g/mol. The highest BCUT2D eigenvalue weighted by molar-refractivity contribution is 9.10. The quantitative estimate of drug-likeness (QED) is 0.326. The van der Waals surface area contributed by atoms with Gasteiger partial charge in [-0.25, -0.2) is 8.78 Å². The molecule has 28 heavy (non-hydrogen) atoms. The average molecular weight is 459 g/mol. The minimum Gasteiger partial charge on any atom is -0.487 e. The van der Waals surface area contributed by atoms with E-state index in [1.165, 1.54) is 17.0 Å². The minimum atomic E-state index is -4.16. The van der Waals surface area contributed by atoms with Crippen LogP contribution in [0.15, 0.2) is 53.1 Å². The van der Waals surface area contributed by atoms with E-state index in [0.717, 1.165) is 28.5 Å². The van der Waals surface area contributed by atoms with Crippen molar-refractivity contribution in [3.63, 3.8) is 0 Å². The molecule has 0 saturated carbocycles. The van der Waals surface area contributed by atoms with Crippen molar-refractivity contribution in [1.82, 2.24) is 10.3 Å². The first-order valence-corrected chi connectivity index (χ1v) is 9.48. The SMILES string of the molecule is FC(F)C(F)(F)COc1cccc(CNCCc2c[nH]c3cc(Br)ccc23)c1. The number of rotatable bonds is 9. The van der Waals surface area contributed by atoms with Crippen molar-refractivity contribution in [2.75, 3.05) is 13.2 Å². The molecule has 0 aliphatic rings. The number of aromatic amines is 1. The molecule has 0 unspecified atom stereocenters. The third-order valence-electron chi connectivity index (χ3n) is 4.28. The van der Waals surface area contributed by atoms with Gasteiger partial charge in [0.1, 0.15) is 5.75 Å². The fourth-order valence-corrected chi connectivity index (χ4v) is 3.17. The molecule has 0 bridgehead atoms. The van der Waals surface area contributed by atoms with Crippen LogP contribution in [-0.2, 0) is 13.0 Å². The van der Waals surface area contributed by atoms with E-state index in [0.29, 0.717) is 6.54 Å². The molecule has 0 aliphatic heterocycles. The molecule has 0 atom stereocenters. The molecule has 150 valence electrons. The summed E-state index contributed by atoms with van der Waals surface area (Å²) in [5.41, 5.74) is 3.08. The van der Waals surface area contributed by atoms with Gasteiger partial charge >= 0.3 is 12.3 Å². The first-order valence-electron chi connectivity index (χ1n) is 8.69. The average Bonchev–Trinajstić information content (AvgIpc) is 3.06. The lowest BCUT2D eigenvalue weighted by molar-refractivity contribution is -0.148. The van der Waals surface area contributed by atoms with Crippen LogP contribution < -0.4 is 10.1 Å². The summed E-state index contributed by atoms with van der Waals surface area (Å²) in [6.07, 6.45) is -0.947. The summed E-state index contributed by atoms with van der Waals surface area (Å²) in [5.74, 6) is -4.02. The fourth-order valence-electron chi connectivity index (χ4n) is 2.81. The van der Waals surface area contributed by atoms with E-state index in [2.05, 4.69) is 32.3 Å². The zero-order valence-electron chi connectivity index (χ0n) is 14.8. The molecule has 8 heteroatoms. The molecule has 3 aromatic rings. The van der Waals surface area contributed by atoms with E-state index in [1.807, 2.05) is 24.4 Å². The van der Waals surface area contributed by atoms with Crippen LogP contribution in [0.2, 0.25) is 0 Å². The van der Waals surface area contributed by atoms with E-state index in [9.17, 15) is 17.6 Å². The van der Waals surface area contributed by atoms with Gasteiger partial charge in [-0.2, -0.15) is 8.78 Å². The summed E-state index contributed by atoms with van der Waals surface area (Å²) in [7, 11) is 0. The Bertz CT molecular complexity index is 929. The Balaban J connectivity index is 1.49. The largest absolute Gasteiger partial charge is 0.487 e. The predicted octanol–water partition coefficient (Wildman–Crippen LogP) is 5.54. The van der Waals surface area contributed by atoms with Crippen molar-refractivity contribution in [1.29, 1.82) is 0 Å². The molecule has 0 aliphatic carbocycles. The van der Waals surface area contributed by atoms with Crippen LogP contribution in [0.3, 0.4) is 0 Å². The lowest BCUT2D eigenvalue weighted by Crippen LogP contribution is -2.33. The monoisotopic (exact) mass is 458 g/mol. The standard InChI is InChI=1S/C20H19BrF4N2O/c21-15-4-5-17-14(11-27-18(17)9-15)6-7-26-10-13-2-1-3-16(8-13)28-12-20(24,25)19(22)23/h1-5,8-9,11,19,26-27H,6-7,10,12H2. The van der Waals surface area contributed by atoms with Crippen molar-refractivity contribution in [3.05, 3.63) is 64.3 Å². The van der Waals surface area contributed by atoms with Gasteiger partial charge in [0, 0.05) is 28.1 Å². The van der Waals surface area contributed by atoms with Crippen LogP contribution >= 0.6 is 15.9 Å². The second-order valence-electron chi connectivity index (χ2n) is 6.43. The van der Waals surface area contributed by atoms with Gasteiger partial charge in [-0.15, -0.1) is 0 Å². The molecule has 0 radical (unpaired) electrons. The lowest BCUT2D eigenvalue weighted by atomic mass is 10.1. The van der Waals surface area contributed by atoms with Crippen LogP contribution in [-0.4, -0.2) is 30.5 Å². The Kier molecular flexibility index (Phi) is 6.61. The lowest BCUT2D eigenvalue weighted by Gasteiger charge is -2.16. The van der Waals surface area contributed by atoms with E-state index in [-0.39, 0.29) is 5.75 Å². The number of H-pyrrole nitrogens is 1. The van der Waals surface area contributed by atoms with Gasteiger partial charge < -0.3 is 15.0 Å².